The fourth-order valence-electron chi connectivity index (χ4n) is 2.24. The van der Waals surface area contributed by atoms with E-state index in [1.54, 1.807) is 4.90 Å². The Kier molecular flexibility index (Phi) is 5.59. The Balaban J connectivity index is 2.32. The maximum absolute atomic E-state index is 11.8. The summed E-state index contributed by atoms with van der Waals surface area (Å²) in [4.78, 5) is 25.0. The van der Waals surface area contributed by atoms with Gasteiger partial charge in [-0.1, -0.05) is 13.8 Å². The molecule has 1 saturated heterocycles. The molecule has 1 rings (SSSR count). The number of amides is 2. The first-order chi connectivity index (χ1) is 8.43. The van der Waals surface area contributed by atoms with Crippen LogP contribution >= 0.6 is 0 Å². The maximum Gasteiger partial charge on any atom is 0.225 e. The first-order valence-corrected chi connectivity index (χ1v) is 6.67. The molecule has 0 saturated carbocycles. The molecule has 1 fully saturated rings. The van der Waals surface area contributed by atoms with Crippen molar-refractivity contribution < 1.29 is 14.7 Å². The summed E-state index contributed by atoms with van der Waals surface area (Å²) in [5.74, 6) is 0.0618. The highest BCUT2D eigenvalue weighted by molar-refractivity contribution is 5.89. The molecule has 0 aliphatic carbocycles. The van der Waals surface area contributed by atoms with E-state index >= 15 is 0 Å². The standard InChI is InChI=1S/C13H24N2O3/c1-4-15-8-10(6-12(15)17)13(18)14-7-11(16)5-9(2)3/h9-11,16H,4-8H2,1-3H3,(H,14,18). The van der Waals surface area contributed by atoms with Crippen LogP contribution in [0.25, 0.3) is 0 Å². The van der Waals surface area contributed by atoms with E-state index in [-0.39, 0.29) is 24.3 Å². The third-order valence-electron chi connectivity index (χ3n) is 3.22. The minimum absolute atomic E-state index is 0.0420. The third kappa shape index (κ3) is 4.29. The summed E-state index contributed by atoms with van der Waals surface area (Å²) in [7, 11) is 0. The summed E-state index contributed by atoms with van der Waals surface area (Å²) < 4.78 is 0. The second-order valence-corrected chi connectivity index (χ2v) is 5.36. The summed E-state index contributed by atoms with van der Waals surface area (Å²) >= 11 is 0. The summed E-state index contributed by atoms with van der Waals surface area (Å²) in [5, 5.41) is 12.4. The topological polar surface area (TPSA) is 69.6 Å². The first kappa shape index (κ1) is 15.0. The highest BCUT2D eigenvalue weighted by Gasteiger charge is 2.33. The Bertz CT molecular complexity index is 305. The van der Waals surface area contributed by atoms with Crippen LogP contribution < -0.4 is 5.32 Å². The van der Waals surface area contributed by atoms with E-state index in [1.807, 2.05) is 20.8 Å². The highest BCUT2D eigenvalue weighted by atomic mass is 16.3. The van der Waals surface area contributed by atoms with E-state index in [0.29, 0.717) is 31.8 Å². The van der Waals surface area contributed by atoms with Gasteiger partial charge in [0.05, 0.1) is 12.0 Å². The van der Waals surface area contributed by atoms with Crippen LogP contribution in [0.5, 0.6) is 0 Å². The fourth-order valence-corrected chi connectivity index (χ4v) is 2.24. The monoisotopic (exact) mass is 256 g/mol. The van der Waals surface area contributed by atoms with Crippen LogP contribution in [-0.2, 0) is 9.59 Å². The molecule has 5 nitrogen and oxygen atoms in total. The van der Waals surface area contributed by atoms with Gasteiger partial charge >= 0.3 is 0 Å². The Morgan fingerprint density at radius 3 is 2.72 bits per heavy atom. The quantitative estimate of drug-likeness (QED) is 0.722. The zero-order valence-corrected chi connectivity index (χ0v) is 11.5. The SMILES string of the molecule is CCN1CC(C(=O)NCC(O)CC(C)C)CC1=O. The minimum atomic E-state index is -0.506. The van der Waals surface area contributed by atoms with Gasteiger partial charge in [0.2, 0.25) is 11.8 Å². The second-order valence-electron chi connectivity index (χ2n) is 5.36. The van der Waals surface area contributed by atoms with Crippen molar-refractivity contribution in [3.8, 4) is 0 Å². The lowest BCUT2D eigenvalue weighted by molar-refractivity contribution is -0.129. The molecule has 0 bridgehead atoms. The van der Waals surface area contributed by atoms with E-state index in [4.69, 9.17) is 0 Å². The number of likely N-dealkylation sites (tertiary alicyclic amines) is 1. The Labute approximate surface area is 109 Å². The third-order valence-corrected chi connectivity index (χ3v) is 3.22. The molecule has 0 radical (unpaired) electrons. The van der Waals surface area contributed by atoms with E-state index in [0.717, 1.165) is 0 Å². The molecule has 0 spiro atoms. The molecule has 104 valence electrons. The van der Waals surface area contributed by atoms with Crippen molar-refractivity contribution in [3.63, 3.8) is 0 Å². The average molecular weight is 256 g/mol. The van der Waals surface area contributed by atoms with Crippen LogP contribution in [0, 0.1) is 11.8 Å². The van der Waals surface area contributed by atoms with E-state index in [9.17, 15) is 14.7 Å². The number of carbonyl (C=O) groups is 2. The van der Waals surface area contributed by atoms with Gasteiger partial charge in [-0.25, -0.2) is 0 Å². The summed E-state index contributed by atoms with van der Waals surface area (Å²) in [6.07, 6.45) is 0.457. The molecule has 2 unspecified atom stereocenters. The van der Waals surface area contributed by atoms with Crippen LogP contribution in [0.1, 0.15) is 33.6 Å². The number of aliphatic hydroxyl groups excluding tert-OH is 1. The molecule has 2 atom stereocenters. The zero-order valence-electron chi connectivity index (χ0n) is 11.5. The van der Waals surface area contributed by atoms with Gasteiger partial charge in [0.25, 0.3) is 0 Å². The molecule has 18 heavy (non-hydrogen) atoms. The van der Waals surface area contributed by atoms with E-state index < -0.39 is 6.10 Å². The van der Waals surface area contributed by atoms with Crippen molar-refractivity contribution >= 4 is 11.8 Å². The minimum Gasteiger partial charge on any atom is -0.391 e. The van der Waals surface area contributed by atoms with Crippen molar-refractivity contribution in [1.82, 2.24) is 10.2 Å². The van der Waals surface area contributed by atoms with Crippen LogP contribution in [0.15, 0.2) is 0 Å². The summed E-state index contributed by atoms with van der Waals surface area (Å²) in [6.45, 7) is 7.39. The lowest BCUT2D eigenvalue weighted by Crippen LogP contribution is -2.37. The second kappa shape index (κ2) is 6.73. The molecule has 5 heteroatoms. The van der Waals surface area contributed by atoms with Gasteiger partial charge in [0, 0.05) is 26.1 Å². The van der Waals surface area contributed by atoms with Gasteiger partial charge < -0.3 is 15.3 Å². The maximum atomic E-state index is 11.8. The van der Waals surface area contributed by atoms with E-state index in [1.165, 1.54) is 0 Å². The molecule has 1 aliphatic heterocycles. The number of carbonyl (C=O) groups excluding carboxylic acids is 2. The molecule has 2 N–H and O–H groups in total. The van der Waals surface area contributed by atoms with Crippen molar-refractivity contribution in [1.29, 1.82) is 0 Å². The van der Waals surface area contributed by atoms with Gasteiger partial charge in [-0.2, -0.15) is 0 Å². The highest BCUT2D eigenvalue weighted by Crippen LogP contribution is 2.17. The first-order valence-electron chi connectivity index (χ1n) is 6.67. The lowest BCUT2D eigenvalue weighted by atomic mass is 10.1. The van der Waals surface area contributed by atoms with Gasteiger partial charge in [-0.05, 0) is 19.3 Å². The summed E-state index contributed by atoms with van der Waals surface area (Å²) in [6, 6.07) is 0. The predicted octanol–water partition coefficient (Wildman–Crippen LogP) is 0.378. The van der Waals surface area contributed by atoms with Gasteiger partial charge in [-0.15, -0.1) is 0 Å². The van der Waals surface area contributed by atoms with Crippen molar-refractivity contribution in [3.05, 3.63) is 0 Å². The molecule has 0 aromatic heterocycles. The normalized spacial score (nSPS) is 21.5. The Morgan fingerprint density at radius 1 is 1.56 bits per heavy atom. The molecule has 0 aromatic carbocycles. The Hall–Kier alpha value is -1.10. The molecule has 1 aliphatic rings. The molecule has 1 heterocycles. The van der Waals surface area contributed by atoms with Gasteiger partial charge in [-0.3, -0.25) is 9.59 Å². The fraction of sp³-hybridized carbons (Fsp3) is 0.846. The number of aliphatic hydroxyl groups is 1. The molecule has 0 aromatic rings. The predicted molar refractivity (Wildman–Crippen MR) is 68.8 cm³/mol. The zero-order chi connectivity index (χ0) is 13.7. The van der Waals surface area contributed by atoms with Gasteiger partial charge in [0.1, 0.15) is 0 Å². The average Bonchev–Trinajstić information content (AvgIpc) is 2.66. The number of hydrogen-bond acceptors (Lipinski definition) is 3. The number of hydrogen-bond donors (Lipinski definition) is 2. The van der Waals surface area contributed by atoms with Crippen LogP contribution in [0.2, 0.25) is 0 Å². The van der Waals surface area contributed by atoms with Crippen LogP contribution in [-0.4, -0.2) is 47.6 Å². The van der Waals surface area contributed by atoms with Crippen molar-refractivity contribution in [2.24, 2.45) is 11.8 Å². The van der Waals surface area contributed by atoms with Crippen LogP contribution in [0.4, 0.5) is 0 Å². The van der Waals surface area contributed by atoms with E-state index in [2.05, 4.69) is 5.32 Å². The molecular weight excluding hydrogens is 232 g/mol. The smallest absolute Gasteiger partial charge is 0.225 e. The lowest BCUT2D eigenvalue weighted by Gasteiger charge is -2.16. The largest absolute Gasteiger partial charge is 0.391 e. The van der Waals surface area contributed by atoms with Crippen molar-refractivity contribution in [2.75, 3.05) is 19.6 Å². The molecular formula is C13H24N2O3. The van der Waals surface area contributed by atoms with Gasteiger partial charge in [0.15, 0.2) is 0 Å². The summed E-state index contributed by atoms with van der Waals surface area (Å²) in [5.41, 5.74) is 0. The number of rotatable bonds is 6. The van der Waals surface area contributed by atoms with Crippen molar-refractivity contribution in [2.45, 2.75) is 39.7 Å². The Morgan fingerprint density at radius 2 is 2.22 bits per heavy atom. The number of nitrogens with zero attached hydrogens (tertiary/aromatic N) is 1. The number of nitrogens with one attached hydrogen (secondary N) is 1. The van der Waals surface area contributed by atoms with Crippen LogP contribution in [0.3, 0.4) is 0 Å². The molecule has 2 amide bonds.